The number of aryl methyl sites for hydroxylation is 1. The Labute approximate surface area is 175 Å². The molecule has 1 amide bonds. The molecule has 0 fully saturated rings. The van der Waals surface area contributed by atoms with Crippen LogP contribution in [0.4, 0.5) is 13.2 Å². The number of hydrogen-bond donors (Lipinski definition) is 1. The number of fused-ring (bicyclic) bond motifs is 2. The minimum absolute atomic E-state index is 0.0566. The van der Waals surface area contributed by atoms with Crippen LogP contribution in [0.2, 0.25) is 0 Å². The number of alkyl halides is 3. The van der Waals surface area contributed by atoms with Gasteiger partial charge in [0, 0.05) is 23.3 Å². The standard InChI is InChI=1S/C21H18F3N3O2S/c22-21(23,24)16-8-2-1-5-13(16)6-4-10-25-18(28)11-14-12-30-20-26-17-9-3-7-15(17)19(29)27(14)20/h1-2,5,8,14H,3,7,9-12H2,(H,25,28). The van der Waals surface area contributed by atoms with Crippen molar-refractivity contribution in [3.05, 3.63) is 57.0 Å². The van der Waals surface area contributed by atoms with Crippen molar-refractivity contribution in [3.8, 4) is 11.8 Å². The Morgan fingerprint density at radius 1 is 1.30 bits per heavy atom. The third kappa shape index (κ3) is 4.10. The number of nitrogens with zero attached hydrogens (tertiary/aromatic N) is 2. The highest BCUT2D eigenvalue weighted by Gasteiger charge is 2.33. The second-order valence-electron chi connectivity index (χ2n) is 7.14. The molecule has 0 spiro atoms. The Balaban J connectivity index is 1.39. The van der Waals surface area contributed by atoms with E-state index in [1.807, 2.05) is 0 Å². The van der Waals surface area contributed by atoms with Gasteiger partial charge in [-0.2, -0.15) is 13.2 Å². The molecule has 2 aliphatic rings. The van der Waals surface area contributed by atoms with Crippen LogP contribution < -0.4 is 10.9 Å². The molecular formula is C21H18F3N3O2S. The number of carbonyl (C=O) groups excluding carboxylic acids is 1. The summed E-state index contributed by atoms with van der Waals surface area (Å²) in [5.74, 6) is 5.31. The van der Waals surface area contributed by atoms with E-state index < -0.39 is 11.7 Å². The van der Waals surface area contributed by atoms with Gasteiger partial charge in [-0.3, -0.25) is 14.2 Å². The summed E-state index contributed by atoms with van der Waals surface area (Å²) >= 11 is 1.46. The molecule has 1 aromatic heterocycles. The van der Waals surface area contributed by atoms with E-state index >= 15 is 0 Å². The van der Waals surface area contributed by atoms with Gasteiger partial charge in [0.2, 0.25) is 5.91 Å². The zero-order valence-corrected chi connectivity index (χ0v) is 16.7. The van der Waals surface area contributed by atoms with Crippen LogP contribution in [0.15, 0.2) is 34.2 Å². The van der Waals surface area contributed by atoms with Gasteiger partial charge in [0.25, 0.3) is 5.56 Å². The number of benzene rings is 1. The number of hydrogen-bond acceptors (Lipinski definition) is 4. The summed E-state index contributed by atoms with van der Waals surface area (Å²) in [5.41, 5.74) is 0.632. The van der Waals surface area contributed by atoms with Crippen LogP contribution in [0.25, 0.3) is 0 Å². The molecule has 156 valence electrons. The SMILES string of the molecule is O=C(CC1CSc2nc3c(c(=O)n21)CCC3)NCC#Cc1ccccc1C(F)(F)F. The normalized spacial score (nSPS) is 17.1. The van der Waals surface area contributed by atoms with Crippen molar-refractivity contribution in [3.63, 3.8) is 0 Å². The van der Waals surface area contributed by atoms with Crippen LogP contribution in [-0.4, -0.2) is 27.8 Å². The Bertz CT molecular complexity index is 1120. The maximum absolute atomic E-state index is 13.0. The lowest BCUT2D eigenvalue weighted by molar-refractivity contribution is -0.137. The van der Waals surface area contributed by atoms with Crippen LogP contribution in [-0.2, 0) is 23.8 Å². The number of halogens is 3. The number of aromatic nitrogens is 2. The van der Waals surface area contributed by atoms with Crippen LogP contribution in [0.5, 0.6) is 0 Å². The van der Waals surface area contributed by atoms with E-state index in [9.17, 15) is 22.8 Å². The van der Waals surface area contributed by atoms with Crippen molar-refractivity contribution in [1.82, 2.24) is 14.9 Å². The van der Waals surface area contributed by atoms with Crippen LogP contribution in [0, 0.1) is 11.8 Å². The second-order valence-corrected chi connectivity index (χ2v) is 8.13. The first-order chi connectivity index (χ1) is 14.3. The van der Waals surface area contributed by atoms with Crippen LogP contribution in [0.3, 0.4) is 0 Å². The lowest BCUT2D eigenvalue weighted by Crippen LogP contribution is -2.32. The molecule has 1 aliphatic carbocycles. The molecule has 1 N–H and O–H groups in total. The molecule has 2 aromatic rings. The van der Waals surface area contributed by atoms with Gasteiger partial charge in [-0.05, 0) is 31.4 Å². The van der Waals surface area contributed by atoms with E-state index in [0.29, 0.717) is 10.9 Å². The van der Waals surface area contributed by atoms with E-state index in [1.54, 1.807) is 4.57 Å². The molecule has 0 saturated heterocycles. The summed E-state index contributed by atoms with van der Waals surface area (Å²) in [7, 11) is 0. The number of nitrogens with one attached hydrogen (secondary N) is 1. The second kappa shape index (κ2) is 8.19. The first-order valence-electron chi connectivity index (χ1n) is 9.53. The Kier molecular flexibility index (Phi) is 5.60. The predicted octanol–water partition coefficient (Wildman–Crippen LogP) is 2.96. The molecule has 30 heavy (non-hydrogen) atoms. The van der Waals surface area contributed by atoms with Crippen LogP contribution in [0.1, 0.15) is 41.3 Å². The Morgan fingerprint density at radius 2 is 2.10 bits per heavy atom. The summed E-state index contributed by atoms with van der Waals surface area (Å²) in [6.45, 7) is -0.0743. The maximum atomic E-state index is 13.0. The first kappa shape index (κ1) is 20.5. The van der Waals surface area contributed by atoms with E-state index in [-0.39, 0.29) is 36.0 Å². The molecule has 1 aliphatic heterocycles. The molecule has 4 rings (SSSR count). The number of carbonyl (C=O) groups is 1. The summed E-state index contributed by atoms with van der Waals surface area (Å²) in [6, 6.07) is 4.77. The van der Waals surface area contributed by atoms with E-state index in [4.69, 9.17) is 0 Å². The highest BCUT2D eigenvalue weighted by molar-refractivity contribution is 7.99. The van der Waals surface area contributed by atoms with E-state index in [1.165, 1.54) is 30.0 Å². The van der Waals surface area contributed by atoms with Gasteiger partial charge in [-0.25, -0.2) is 4.98 Å². The van der Waals surface area contributed by atoms with Gasteiger partial charge in [-0.15, -0.1) is 0 Å². The van der Waals surface area contributed by atoms with Crippen molar-refractivity contribution < 1.29 is 18.0 Å². The van der Waals surface area contributed by atoms with Gasteiger partial charge in [0.15, 0.2) is 5.16 Å². The quantitative estimate of drug-likeness (QED) is 0.597. The lowest BCUT2D eigenvalue weighted by atomic mass is 10.1. The van der Waals surface area contributed by atoms with Gasteiger partial charge in [0.05, 0.1) is 23.8 Å². The molecule has 1 unspecified atom stereocenters. The largest absolute Gasteiger partial charge is 0.417 e. The predicted molar refractivity (Wildman–Crippen MR) is 106 cm³/mol. The molecule has 5 nitrogen and oxygen atoms in total. The van der Waals surface area contributed by atoms with Crippen molar-refractivity contribution in [2.75, 3.05) is 12.3 Å². The molecule has 9 heteroatoms. The highest BCUT2D eigenvalue weighted by atomic mass is 32.2. The van der Waals surface area contributed by atoms with E-state index in [2.05, 4.69) is 22.1 Å². The van der Waals surface area contributed by atoms with Crippen molar-refractivity contribution in [2.45, 2.75) is 43.1 Å². The zero-order chi connectivity index (χ0) is 21.3. The average molecular weight is 433 g/mol. The zero-order valence-electron chi connectivity index (χ0n) is 15.9. The summed E-state index contributed by atoms with van der Waals surface area (Å²) in [5, 5.41) is 3.26. The third-order valence-electron chi connectivity index (χ3n) is 5.12. The smallest absolute Gasteiger partial charge is 0.345 e. The van der Waals surface area contributed by atoms with Gasteiger partial charge in [0.1, 0.15) is 0 Å². The van der Waals surface area contributed by atoms with Crippen molar-refractivity contribution >= 4 is 17.7 Å². The molecule has 1 aromatic carbocycles. The maximum Gasteiger partial charge on any atom is 0.417 e. The lowest BCUT2D eigenvalue weighted by Gasteiger charge is -2.13. The summed E-state index contributed by atoms with van der Waals surface area (Å²) < 4.78 is 40.5. The Hall–Kier alpha value is -2.73. The minimum Gasteiger partial charge on any atom is -0.345 e. The molecule has 2 heterocycles. The fourth-order valence-electron chi connectivity index (χ4n) is 3.71. The third-order valence-corrected chi connectivity index (χ3v) is 6.22. The molecule has 0 bridgehead atoms. The minimum atomic E-state index is -4.48. The molecule has 1 atom stereocenters. The van der Waals surface area contributed by atoms with E-state index in [0.717, 1.165) is 36.6 Å². The summed E-state index contributed by atoms with van der Waals surface area (Å²) in [6.07, 6.45) is -1.92. The highest BCUT2D eigenvalue weighted by Crippen LogP contribution is 2.34. The average Bonchev–Trinajstić information content (AvgIpc) is 3.32. The monoisotopic (exact) mass is 433 g/mol. The number of rotatable bonds is 3. The fourth-order valence-corrected chi connectivity index (χ4v) is 4.86. The van der Waals surface area contributed by atoms with Gasteiger partial charge < -0.3 is 5.32 Å². The molecule has 0 radical (unpaired) electrons. The van der Waals surface area contributed by atoms with Crippen LogP contribution >= 0.6 is 11.8 Å². The number of thioether (sulfide) groups is 1. The topological polar surface area (TPSA) is 64.0 Å². The first-order valence-corrected chi connectivity index (χ1v) is 10.5. The van der Waals surface area contributed by atoms with Gasteiger partial charge >= 0.3 is 6.18 Å². The van der Waals surface area contributed by atoms with Crippen molar-refractivity contribution in [1.29, 1.82) is 0 Å². The molecule has 0 saturated carbocycles. The Morgan fingerprint density at radius 3 is 2.90 bits per heavy atom. The summed E-state index contributed by atoms with van der Waals surface area (Å²) in [4.78, 5) is 29.6. The molecular weight excluding hydrogens is 415 g/mol. The van der Waals surface area contributed by atoms with Crippen molar-refractivity contribution in [2.24, 2.45) is 0 Å². The fraction of sp³-hybridized carbons (Fsp3) is 0.381. The van der Waals surface area contributed by atoms with Gasteiger partial charge in [-0.1, -0.05) is 35.7 Å². The number of amides is 1.